The minimum absolute atomic E-state index is 0.129. The van der Waals surface area contributed by atoms with Crippen molar-refractivity contribution in [3.05, 3.63) is 65.7 Å². The van der Waals surface area contributed by atoms with E-state index < -0.39 is 0 Å². The van der Waals surface area contributed by atoms with Crippen LogP contribution < -0.4 is 10.5 Å². The molecule has 0 unspecified atom stereocenters. The first-order valence-electron chi connectivity index (χ1n) is 8.86. The van der Waals surface area contributed by atoms with Crippen molar-refractivity contribution in [2.75, 3.05) is 13.7 Å². The molecule has 3 rings (SSSR count). The molecule has 1 aliphatic rings. The van der Waals surface area contributed by atoms with E-state index in [4.69, 9.17) is 10.5 Å². The van der Waals surface area contributed by atoms with E-state index in [2.05, 4.69) is 12.1 Å². The number of rotatable bonds is 5. The first-order chi connectivity index (χ1) is 12.1. The molecule has 2 aromatic rings. The van der Waals surface area contributed by atoms with Gasteiger partial charge in [0.25, 0.3) is 0 Å². The lowest BCUT2D eigenvalue weighted by Crippen LogP contribution is -2.39. The zero-order valence-electron chi connectivity index (χ0n) is 14.9. The van der Waals surface area contributed by atoms with Crippen LogP contribution in [0.5, 0.6) is 5.75 Å². The number of ether oxygens (including phenoxy) is 1. The minimum atomic E-state index is -0.286. The molecule has 25 heavy (non-hydrogen) atoms. The number of nitrogens with two attached hydrogens (primary N) is 1. The van der Waals surface area contributed by atoms with E-state index in [9.17, 15) is 4.79 Å². The van der Waals surface area contributed by atoms with Crippen LogP contribution in [0, 0.1) is 5.92 Å². The Morgan fingerprint density at radius 2 is 1.84 bits per heavy atom. The molecule has 1 amide bonds. The van der Waals surface area contributed by atoms with E-state index in [0.29, 0.717) is 0 Å². The van der Waals surface area contributed by atoms with Gasteiger partial charge in [-0.1, -0.05) is 49.4 Å². The van der Waals surface area contributed by atoms with Crippen molar-refractivity contribution >= 4 is 5.91 Å². The van der Waals surface area contributed by atoms with Crippen LogP contribution in [0.25, 0.3) is 0 Å². The molecule has 0 spiro atoms. The van der Waals surface area contributed by atoms with Crippen molar-refractivity contribution in [2.45, 2.75) is 31.8 Å². The van der Waals surface area contributed by atoms with Crippen LogP contribution in [0.4, 0.5) is 0 Å². The molecule has 4 nitrogen and oxygen atoms in total. The maximum absolute atomic E-state index is 13.1. The second-order valence-corrected chi connectivity index (χ2v) is 6.69. The first-order valence-corrected chi connectivity index (χ1v) is 8.86. The Hall–Kier alpha value is -2.33. The van der Waals surface area contributed by atoms with Gasteiger partial charge < -0.3 is 15.4 Å². The number of carbonyl (C=O) groups is 1. The second-order valence-electron chi connectivity index (χ2n) is 6.69. The minimum Gasteiger partial charge on any atom is -0.497 e. The van der Waals surface area contributed by atoms with E-state index in [1.165, 1.54) is 0 Å². The summed E-state index contributed by atoms with van der Waals surface area (Å²) in [5.41, 5.74) is 8.53. The fourth-order valence-electron chi connectivity index (χ4n) is 3.58. The van der Waals surface area contributed by atoms with Gasteiger partial charge in [-0.25, -0.2) is 0 Å². The lowest BCUT2D eigenvalue weighted by atomic mass is 9.93. The molecular formula is C21H26N2O2. The van der Waals surface area contributed by atoms with Crippen LogP contribution >= 0.6 is 0 Å². The fourth-order valence-corrected chi connectivity index (χ4v) is 3.58. The number of carbonyl (C=O) groups excluding carboxylic acids is 1. The lowest BCUT2D eigenvalue weighted by molar-refractivity contribution is -0.136. The molecule has 0 aliphatic carbocycles. The Balaban J connectivity index is 1.75. The summed E-state index contributed by atoms with van der Waals surface area (Å²) in [5, 5.41) is 0. The van der Waals surface area contributed by atoms with Gasteiger partial charge in [0.15, 0.2) is 0 Å². The van der Waals surface area contributed by atoms with E-state index in [1.807, 2.05) is 54.3 Å². The average molecular weight is 338 g/mol. The predicted molar refractivity (Wildman–Crippen MR) is 99.2 cm³/mol. The molecule has 1 saturated heterocycles. The maximum atomic E-state index is 13.1. The topological polar surface area (TPSA) is 55.6 Å². The molecule has 0 aromatic heterocycles. The van der Waals surface area contributed by atoms with Crippen molar-refractivity contribution in [1.82, 2.24) is 4.90 Å². The molecule has 0 radical (unpaired) electrons. The van der Waals surface area contributed by atoms with Crippen LogP contribution in [-0.2, 0) is 4.79 Å². The molecule has 132 valence electrons. The van der Waals surface area contributed by atoms with E-state index in [-0.39, 0.29) is 23.9 Å². The summed E-state index contributed by atoms with van der Waals surface area (Å²) in [4.78, 5) is 15.1. The standard InChI is InChI=1S/C21H26N2O2/c1-15(20(22)17-7-4-3-5-8-17)21(24)23-14-6-9-19(23)16-10-12-18(25-2)13-11-16/h3-5,7-8,10-13,15,19-20H,6,9,14,22H2,1-2H3/t15-,19-,20+/m0/s1. The van der Waals surface area contributed by atoms with Gasteiger partial charge in [-0.3, -0.25) is 4.79 Å². The van der Waals surface area contributed by atoms with Crippen molar-refractivity contribution in [2.24, 2.45) is 11.7 Å². The zero-order chi connectivity index (χ0) is 17.8. The molecule has 1 fully saturated rings. The van der Waals surface area contributed by atoms with E-state index >= 15 is 0 Å². The molecule has 0 bridgehead atoms. The summed E-state index contributed by atoms with van der Waals surface area (Å²) in [5.74, 6) is 0.718. The van der Waals surface area contributed by atoms with Crippen LogP contribution in [-0.4, -0.2) is 24.5 Å². The summed E-state index contributed by atoms with van der Waals surface area (Å²) >= 11 is 0. The molecule has 2 N–H and O–H groups in total. The first kappa shape index (κ1) is 17.5. The van der Waals surface area contributed by atoms with Gasteiger partial charge in [0.2, 0.25) is 5.91 Å². The van der Waals surface area contributed by atoms with Gasteiger partial charge in [-0.05, 0) is 36.1 Å². The highest BCUT2D eigenvalue weighted by Crippen LogP contribution is 2.35. The number of amides is 1. The van der Waals surface area contributed by atoms with Crippen LogP contribution in [0.2, 0.25) is 0 Å². The van der Waals surface area contributed by atoms with Gasteiger partial charge in [0.05, 0.1) is 19.1 Å². The molecular weight excluding hydrogens is 312 g/mol. The number of methoxy groups -OCH3 is 1. The summed E-state index contributed by atoms with van der Waals surface area (Å²) in [6.45, 7) is 2.73. The third-order valence-electron chi connectivity index (χ3n) is 5.15. The summed E-state index contributed by atoms with van der Waals surface area (Å²) in [6.07, 6.45) is 2.01. The Kier molecular flexibility index (Phi) is 5.39. The largest absolute Gasteiger partial charge is 0.497 e. The summed E-state index contributed by atoms with van der Waals surface area (Å²) in [6, 6.07) is 17.7. The molecule has 3 atom stereocenters. The van der Waals surface area contributed by atoms with Gasteiger partial charge in [0.1, 0.15) is 5.75 Å². The van der Waals surface area contributed by atoms with Crippen molar-refractivity contribution in [3.8, 4) is 5.75 Å². The smallest absolute Gasteiger partial charge is 0.227 e. The Morgan fingerprint density at radius 3 is 2.48 bits per heavy atom. The SMILES string of the molecule is COc1ccc([C@@H]2CCCN2C(=O)[C@@H](C)[C@@H](N)c2ccccc2)cc1. The Bertz CT molecular complexity index is 700. The quantitative estimate of drug-likeness (QED) is 0.904. The van der Waals surface area contributed by atoms with E-state index in [1.54, 1.807) is 7.11 Å². The van der Waals surface area contributed by atoms with Crippen LogP contribution in [0.15, 0.2) is 54.6 Å². The molecule has 4 heteroatoms. The Labute approximate surface area is 149 Å². The fraction of sp³-hybridized carbons (Fsp3) is 0.381. The van der Waals surface area contributed by atoms with Gasteiger partial charge in [-0.2, -0.15) is 0 Å². The molecule has 1 heterocycles. The molecule has 0 saturated carbocycles. The number of benzene rings is 2. The maximum Gasteiger partial charge on any atom is 0.227 e. The van der Waals surface area contributed by atoms with Crippen molar-refractivity contribution < 1.29 is 9.53 Å². The predicted octanol–water partition coefficient (Wildman–Crippen LogP) is 3.69. The van der Waals surface area contributed by atoms with Crippen molar-refractivity contribution in [3.63, 3.8) is 0 Å². The summed E-state index contributed by atoms with van der Waals surface area (Å²) < 4.78 is 5.23. The Morgan fingerprint density at radius 1 is 1.16 bits per heavy atom. The molecule has 2 aromatic carbocycles. The highest BCUT2D eigenvalue weighted by atomic mass is 16.5. The highest BCUT2D eigenvalue weighted by molar-refractivity contribution is 5.80. The number of nitrogens with zero attached hydrogens (tertiary/aromatic N) is 1. The number of hydrogen-bond acceptors (Lipinski definition) is 3. The number of hydrogen-bond donors (Lipinski definition) is 1. The third-order valence-corrected chi connectivity index (χ3v) is 5.15. The van der Waals surface area contributed by atoms with Gasteiger partial charge >= 0.3 is 0 Å². The average Bonchev–Trinajstić information content (AvgIpc) is 3.16. The zero-order valence-corrected chi connectivity index (χ0v) is 14.9. The van der Waals surface area contributed by atoms with Gasteiger partial charge in [-0.15, -0.1) is 0 Å². The third kappa shape index (κ3) is 3.69. The van der Waals surface area contributed by atoms with E-state index in [0.717, 1.165) is 36.3 Å². The second kappa shape index (κ2) is 7.70. The number of likely N-dealkylation sites (tertiary alicyclic amines) is 1. The normalized spacial score (nSPS) is 19.5. The van der Waals surface area contributed by atoms with Crippen LogP contribution in [0.1, 0.15) is 43.0 Å². The van der Waals surface area contributed by atoms with Crippen LogP contribution in [0.3, 0.4) is 0 Å². The monoisotopic (exact) mass is 338 g/mol. The van der Waals surface area contributed by atoms with Gasteiger partial charge in [0, 0.05) is 12.6 Å². The lowest BCUT2D eigenvalue weighted by Gasteiger charge is -2.30. The highest BCUT2D eigenvalue weighted by Gasteiger charge is 2.34. The summed E-state index contributed by atoms with van der Waals surface area (Å²) in [7, 11) is 1.66. The van der Waals surface area contributed by atoms with Crippen molar-refractivity contribution in [1.29, 1.82) is 0 Å². The molecule has 1 aliphatic heterocycles.